The first-order chi connectivity index (χ1) is 10.1. The summed E-state index contributed by atoms with van der Waals surface area (Å²) in [7, 11) is 0. The molecule has 1 amide bonds. The maximum atomic E-state index is 11.8. The van der Waals surface area contributed by atoms with Crippen molar-refractivity contribution in [3.05, 3.63) is 33.8 Å². The van der Waals surface area contributed by atoms with Crippen LogP contribution in [-0.4, -0.2) is 30.3 Å². The number of amides is 1. The summed E-state index contributed by atoms with van der Waals surface area (Å²) in [4.78, 5) is 11.8. The van der Waals surface area contributed by atoms with E-state index in [1.165, 1.54) is 0 Å². The van der Waals surface area contributed by atoms with Crippen molar-refractivity contribution < 1.29 is 14.6 Å². The average molecular weight is 332 g/mol. The number of hydrogen-bond acceptors (Lipinski definition) is 3. The number of aliphatic hydroxyl groups excluding tert-OH is 1. The zero-order chi connectivity index (χ0) is 15.2. The van der Waals surface area contributed by atoms with E-state index in [9.17, 15) is 9.90 Å². The Morgan fingerprint density at radius 1 is 1.43 bits per heavy atom. The number of aliphatic hydroxyl groups is 1. The summed E-state index contributed by atoms with van der Waals surface area (Å²) >= 11 is 12.0. The number of hydrogen-bond donors (Lipinski definition) is 2. The number of rotatable bonds is 6. The van der Waals surface area contributed by atoms with Crippen LogP contribution in [0.4, 0.5) is 0 Å². The molecule has 1 aromatic carbocycles. The minimum atomic E-state index is -0.919. The molecule has 6 heteroatoms. The van der Waals surface area contributed by atoms with Crippen molar-refractivity contribution in [1.82, 2.24) is 5.32 Å². The van der Waals surface area contributed by atoms with Gasteiger partial charge in [0.15, 0.2) is 0 Å². The molecule has 1 aromatic rings. The fraction of sp³-hybridized carbons (Fsp3) is 0.533. The summed E-state index contributed by atoms with van der Waals surface area (Å²) in [5.41, 5.74) is 0.445. The third-order valence-corrected chi connectivity index (χ3v) is 4.20. The molecule has 116 valence electrons. The van der Waals surface area contributed by atoms with Gasteiger partial charge in [0.05, 0.1) is 12.2 Å². The Bertz CT molecular complexity index is 470. The summed E-state index contributed by atoms with van der Waals surface area (Å²) in [5, 5.41) is 13.6. The second-order valence-corrected chi connectivity index (χ2v) is 5.94. The first kappa shape index (κ1) is 16.6. The molecule has 1 aliphatic heterocycles. The average Bonchev–Trinajstić information content (AvgIpc) is 2.96. The standard InChI is InChI=1S/C15H19Cl2NO3/c16-11-4-1-5-12(17)15(11)13(19)9-18-14(20)7-6-10-3-2-8-21-10/h1,4-5,10,13,19H,2-3,6-9H2,(H,18,20)/t10-,13+/m0/s1. The van der Waals surface area contributed by atoms with Gasteiger partial charge < -0.3 is 15.2 Å². The van der Waals surface area contributed by atoms with Crippen molar-refractivity contribution in [2.75, 3.05) is 13.2 Å². The molecule has 0 unspecified atom stereocenters. The van der Waals surface area contributed by atoms with E-state index in [4.69, 9.17) is 27.9 Å². The highest BCUT2D eigenvalue weighted by Crippen LogP contribution is 2.29. The predicted octanol–water partition coefficient (Wildman–Crippen LogP) is 3.10. The number of benzene rings is 1. The van der Waals surface area contributed by atoms with Crippen LogP contribution in [0.2, 0.25) is 10.0 Å². The number of carbonyl (C=O) groups excluding carboxylic acids is 1. The molecule has 0 aliphatic carbocycles. The Kier molecular flexibility index (Phi) is 6.30. The molecule has 2 atom stereocenters. The summed E-state index contributed by atoms with van der Waals surface area (Å²) in [6.07, 6.45) is 2.47. The van der Waals surface area contributed by atoms with Crippen LogP contribution in [0.1, 0.15) is 37.4 Å². The second-order valence-electron chi connectivity index (χ2n) is 5.13. The van der Waals surface area contributed by atoms with E-state index in [1.807, 2.05) is 0 Å². The molecule has 21 heavy (non-hydrogen) atoms. The van der Waals surface area contributed by atoms with E-state index in [-0.39, 0.29) is 18.6 Å². The Morgan fingerprint density at radius 2 is 2.14 bits per heavy atom. The van der Waals surface area contributed by atoms with Crippen LogP contribution < -0.4 is 5.32 Å². The van der Waals surface area contributed by atoms with Crippen LogP contribution in [-0.2, 0) is 9.53 Å². The topological polar surface area (TPSA) is 58.6 Å². The Balaban J connectivity index is 1.77. The van der Waals surface area contributed by atoms with E-state index < -0.39 is 6.10 Å². The summed E-state index contributed by atoms with van der Waals surface area (Å²) < 4.78 is 5.47. The molecule has 1 saturated heterocycles. The van der Waals surface area contributed by atoms with E-state index in [2.05, 4.69) is 5.32 Å². The van der Waals surface area contributed by atoms with Crippen molar-refractivity contribution in [1.29, 1.82) is 0 Å². The van der Waals surface area contributed by atoms with Crippen molar-refractivity contribution in [3.8, 4) is 0 Å². The molecule has 1 fully saturated rings. The van der Waals surface area contributed by atoms with Gasteiger partial charge in [-0.05, 0) is 31.4 Å². The van der Waals surface area contributed by atoms with Gasteiger partial charge in [0.2, 0.25) is 5.91 Å². The van der Waals surface area contributed by atoms with Crippen LogP contribution >= 0.6 is 23.2 Å². The second kappa shape index (κ2) is 7.99. The molecule has 1 aliphatic rings. The quantitative estimate of drug-likeness (QED) is 0.842. The minimum Gasteiger partial charge on any atom is -0.386 e. The Morgan fingerprint density at radius 3 is 2.76 bits per heavy atom. The van der Waals surface area contributed by atoms with Gasteiger partial charge in [0, 0.05) is 35.2 Å². The first-order valence-corrected chi connectivity index (χ1v) is 7.84. The molecule has 0 saturated carbocycles. The van der Waals surface area contributed by atoms with Gasteiger partial charge in [-0.25, -0.2) is 0 Å². The molecule has 0 aromatic heterocycles. The van der Waals surface area contributed by atoms with E-state index in [1.54, 1.807) is 18.2 Å². The smallest absolute Gasteiger partial charge is 0.220 e. The van der Waals surface area contributed by atoms with Crippen LogP contribution in [0.5, 0.6) is 0 Å². The van der Waals surface area contributed by atoms with E-state index in [0.29, 0.717) is 22.0 Å². The lowest BCUT2D eigenvalue weighted by Gasteiger charge is -2.15. The lowest BCUT2D eigenvalue weighted by atomic mass is 10.1. The zero-order valence-electron chi connectivity index (χ0n) is 11.6. The largest absolute Gasteiger partial charge is 0.386 e. The van der Waals surface area contributed by atoms with E-state index >= 15 is 0 Å². The minimum absolute atomic E-state index is 0.0911. The molecule has 4 nitrogen and oxygen atoms in total. The Labute approximate surface area is 134 Å². The fourth-order valence-electron chi connectivity index (χ4n) is 2.39. The summed E-state index contributed by atoms with van der Waals surface area (Å²) in [5.74, 6) is -0.104. The molecule has 1 heterocycles. The van der Waals surface area contributed by atoms with Crippen molar-refractivity contribution in [2.24, 2.45) is 0 Å². The highest BCUT2D eigenvalue weighted by atomic mass is 35.5. The lowest BCUT2D eigenvalue weighted by Crippen LogP contribution is -2.29. The monoisotopic (exact) mass is 331 g/mol. The lowest BCUT2D eigenvalue weighted by molar-refractivity contribution is -0.122. The number of ether oxygens (including phenoxy) is 1. The van der Waals surface area contributed by atoms with Crippen LogP contribution in [0, 0.1) is 0 Å². The van der Waals surface area contributed by atoms with Gasteiger partial charge in [-0.1, -0.05) is 29.3 Å². The first-order valence-electron chi connectivity index (χ1n) is 7.08. The number of halogens is 2. The maximum Gasteiger partial charge on any atom is 0.220 e. The van der Waals surface area contributed by atoms with E-state index in [0.717, 1.165) is 25.9 Å². The zero-order valence-corrected chi connectivity index (χ0v) is 13.2. The van der Waals surface area contributed by atoms with Crippen LogP contribution in [0.3, 0.4) is 0 Å². The van der Waals surface area contributed by atoms with Gasteiger partial charge in [0.25, 0.3) is 0 Å². The molecule has 0 radical (unpaired) electrons. The summed E-state index contributed by atoms with van der Waals surface area (Å²) in [6.45, 7) is 0.879. The highest BCUT2D eigenvalue weighted by molar-refractivity contribution is 6.36. The van der Waals surface area contributed by atoms with Crippen LogP contribution in [0.15, 0.2) is 18.2 Å². The molecule has 0 spiro atoms. The number of carbonyl (C=O) groups is 1. The molecular formula is C15H19Cl2NO3. The van der Waals surface area contributed by atoms with Gasteiger partial charge in [-0.3, -0.25) is 4.79 Å². The third-order valence-electron chi connectivity index (χ3n) is 3.54. The predicted molar refractivity (Wildman–Crippen MR) is 82.6 cm³/mol. The molecule has 0 bridgehead atoms. The Hall–Kier alpha value is -0.810. The molecule has 2 rings (SSSR count). The fourth-order valence-corrected chi connectivity index (χ4v) is 3.04. The van der Waals surface area contributed by atoms with Crippen molar-refractivity contribution >= 4 is 29.1 Å². The molecule has 2 N–H and O–H groups in total. The molecular weight excluding hydrogens is 313 g/mol. The summed E-state index contributed by atoms with van der Waals surface area (Å²) in [6, 6.07) is 5.03. The normalized spacial score (nSPS) is 19.5. The maximum absolute atomic E-state index is 11.8. The van der Waals surface area contributed by atoms with Crippen molar-refractivity contribution in [3.63, 3.8) is 0 Å². The SMILES string of the molecule is O=C(CC[C@@H]1CCCO1)NC[C@@H](O)c1c(Cl)cccc1Cl. The third kappa shape index (κ3) is 4.85. The van der Waals surface area contributed by atoms with Crippen molar-refractivity contribution in [2.45, 2.75) is 37.9 Å². The van der Waals surface area contributed by atoms with Crippen LogP contribution in [0.25, 0.3) is 0 Å². The van der Waals surface area contributed by atoms with Gasteiger partial charge in [-0.2, -0.15) is 0 Å². The van der Waals surface area contributed by atoms with Gasteiger partial charge in [-0.15, -0.1) is 0 Å². The number of nitrogens with one attached hydrogen (secondary N) is 1. The highest BCUT2D eigenvalue weighted by Gasteiger charge is 2.18. The van der Waals surface area contributed by atoms with Gasteiger partial charge >= 0.3 is 0 Å². The van der Waals surface area contributed by atoms with Gasteiger partial charge in [0.1, 0.15) is 0 Å².